The smallest absolute Gasteiger partial charge is 0.279 e. The van der Waals surface area contributed by atoms with Crippen molar-refractivity contribution < 1.29 is 18.7 Å². The van der Waals surface area contributed by atoms with Crippen LogP contribution < -0.4 is 15.0 Å². The second kappa shape index (κ2) is 7.79. The molecule has 4 heterocycles. The predicted molar refractivity (Wildman–Crippen MR) is 120 cm³/mol. The molecule has 1 unspecified atom stereocenters. The first-order valence-corrected chi connectivity index (χ1v) is 11.0. The van der Waals surface area contributed by atoms with Crippen LogP contribution in [0.3, 0.4) is 0 Å². The number of carbonyl (C=O) groups excluding carboxylic acids is 2. The molecule has 1 N–H and O–H groups in total. The molecule has 2 aromatic rings. The quantitative estimate of drug-likeness (QED) is 0.748. The van der Waals surface area contributed by atoms with Crippen molar-refractivity contribution in [1.29, 1.82) is 0 Å². The van der Waals surface area contributed by atoms with Gasteiger partial charge in [0.1, 0.15) is 36.3 Å². The molecular formula is C23H25FN6O3. The van der Waals surface area contributed by atoms with Gasteiger partial charge in [-0.2, -0.15) is 10.1 Å². The minimum atomic E-state index is -0.489. The average molecular weight is 452 g/mol. The van der Waals surface area contributed by atoms with Gasteiger partial charge in [-0.25, -0.2) is 14.4 Å². The molecule has 0 aromatic carbocycles. The van der Waals surface area contributed by atoms with Gasteiger partial charge in [0, 0.05) is 23.6 Å². The van der Waals surface area contributed by atoms with Crippen LogP contribution in [0.1, 0.15) is 50.4 Å². The highest BCUT2D eigenvalue weighted by Gasteiger charge is 2.45. The number of hydrogen-bond donors (Lipinski definition) is 1. The van der Waals surface area contributed by atoms with E-state index in [0.717, 1.165) is 24.8 Å². The third-order valence-electron chi connectivity index (χ3n) is 5.79. The second-order valence-electron chi connectivity index (χ2n) is 9.51. The standard InChI is InChI=1S/C23H25FN6O3/c1-23(2,3)16-10-20-29(12-18(31)26-17-8-4-13(24)11-25-17)21-15(22(32)30(20)28-16)7-9-19(27-21)33-14-5-6-14/h4,7-9,11,14,20H,5-6,10,12H2,1-3H3,(H,25,26,31). The molecule has 3 aliphatic rings. The molecule has 2 amide bonds. The summed E-state index contributed by atoms with van der Waals surface area (Å²) in [5.41, 5.74) is 0.999. The number of ether oxygens (including phenoxy) is 1. The Balaban J connectivity index is 1.46. The molecule has 1 atom stereocenters. The van der Waals surface area contributed by atoms with Crippen LogP contribution in [-0.2, 0) is 4.79 Å². The Kier molecular flexibility index (Phi) is 5.02. The Hall–Kier alpha value is -3.56. The molecule has 1 aliphatic carbocycles. The van der Waals surface area contributed by atoms with Gasteiger partial charge in [0.2, 0.25) is 11.8 Å². The summed E-state index contributed by atoms with van der Waals surface area (Å²) in [5, 5.41) is 8.73. The molecule has 172 valence electrons. The van der Waals surface area contributed by atoms with Gasteiger partial charge in [-0.05, 0) is 31.0 Å². The number of carbonyl (C=O) groups is 2. The third kappa shape index (κ3) is 4.24. The number of hydrazone groups is 1. The summed E-state index contributed by atoms with van der Waals surface area (Å²) in [7, 11) is 0. The molecule has 0 spiro atoms. The number of aromatic nitrogens is 2. The van der Waals surface area contributed by atoms with Crippen molar-refractivity contribution in [2.75, 3.05) is 16.8 Å². The summed E-state index contributed by atoms with van der Waals surface area (Å²) in [5.74, 6) is -0.0452. The lowest BCUT2D eigenvalue weighted by atomic mass is 9.87. The maximum absolute atomic E-state index is 13.2. The van der Waals surface area contributed by atoms with E-state index in [-0.39, 0.29) is 35.7 Å². The topological polar surface area (TPSA) is 100 Å². The molecule has 33 heavy (non-hydrogen) atoms. The zero-order chi connectivity index (χ0) is 23.3. The van der Waals surface area contributed by atoms with E-state index in [4.69, 9.17) is 4.74 Å². The van der Waals surface area contributed by atoms with Crippen molar-refractivity contribution in [2.45, 2.75) is 52.3 Å². The van der Waals surface area contributed by atoms with Crippen LogP contribution in [0.25, 0.3) is 0 Å². The summed E-state index contributed by atoms with van der Waals surface area (Å²) >= 11 is 0. The van der Waals surface area contributed by atoms with Crippen molar-refractivity contribution in [3.8, 4) is 5.88 Å². The maximum Gasteiger partial charge on any atom is 0.279 e. The van der Waals surface area contributed by atoms with Crippen LogP contribution in [0, 0.1) is 11.2 Å². The van der Waals surface area contributed by atoms with E-state index in [1.165, 1.54) is 17.1 Å². The SMILES string of the molecule is CC(C)(C)C1=NN2C(=O)c3ccc(OC4CC4)nc3N(CC(=O)Nc3ccc(F)cn3)C2C1. The number of nitrogens with zero attached hydrogens (tertiary/aromatic N) is 5. The zero-order valence-electron chi connectivity index (χ0n) is 18.7. The van der Waals surface area contributed by atoms with E-state index < -0.39 is 12.0 Å². The van der Waals surface area contributed by atoms with E-state index >= 15 is 0 Å². The molecular weight excluding hydrogens is 427 g/mol. The first kappa shape index (κ1) is 21.3. The molecule has 0 bridgehead atoms. The van der Waals surface area contributed by atoms with Gasteiger partial charge in [-0.15, -0.1) is 0 Å². The molecule has 10 heteroatoms. The van der Waals surface area contributed by atoms with Crippen LogP contribution >= 0.6 is 0 Å². The molecule has 9 nitrogen and oxygen atoms in total. The minimum Gasteiger partial charge on any atom is -0.474 e. The number of nitrogens with one attached hydrogen (secondary N) is 1. The average Bonchev–Trinajstić information content (AvgIpc) is 3.44. The van der Waals surface area contributed by atoms with Gasteiger partial charge in [0.15, 0.2) is 0 Å². The first-order chi connectivity index (χ1) is 15.7. The summed E-state index contributed by atoms with van der Waals surface area (Å²) < 4.78 is 19.0. The molecule has 5 rings (SSSR count). The number of pyridine rings is 2. The summed E-state index contributed by atoms with van der Waals surface area (Å²) in [6, 6.07) is 5.97. The van der Waals surface area contributed by atoms with Gasteiger partial charge in [0.25, 0.3) is 5.91 Å². The Labute approximate surface area is 190 Å². The van der Waals surface area contributed by atoms with Crippen molar-refractivity contribution >= 4 is 29.2 Å². The van der Waals surface area contributed by atoms with E-state index in [1.807, 2.05) is 20.8 Å². The molecule has 0 saturated heterocycles. The van der Waals surface area contributed by atoms with E-state index in [9.17, 15) is 14.0 Å². The monoisotopic (exact) mass is 452 g/mol. The third-order valence-corrected chi connectivity index (χ3v) is 5.79. The van der Waals surface area contributed by atoms with Crippen LogP contribution in [-0.4, -0.2) is 51.3 Å². The van der Waals surface area contributed by atoms with Crippen LogP contribution in [0.4, 0.5) is 16.0 Å². The second-order valence-corrected chi connectivity index (χ2v) is 9.51. The molecule has 2 aromatic heterocycles. The molecule has 0 radical (unpaired) electrons. The molecule has 1 fully saturated rings. The number of fused-ring (bicyclic) bond motifs is 2. The van der Waals surface area contributed by atoms with E-state index in [1.54, 1.807) is 17.0 Å². The number of amides is 2. The number of halogens is 1. The highest BCUT2D eigenvalue weighted by atomic mass is 19.1. The maximum atomic E-state index is 13.2. The molecule has 2 aliphatic heterocycles. The Morgan fingerprint density at radius 2 is 2.03 bits per heavy atom. The van der Waals surface area contributed by atoms with Gasteiger partial charge in [0.05, 0.1) is 11.8 Å². The minimum absolute atomic E-state index is 0.0900. The van der Waals surface area contributed by atoms with Crippen LogP contribution in [0.15, 0.2) is 35.6 Å². The first-order valence-electron chi connectivity index (χ1n) is 11.0. The number of anilines is 2. The summed E-state index contributed by atoms with van der Waals surface area (Å²) in [6.07, 6.45) is 3.16. The van der Waals surface area contributed by atoms with Crippen molar-refractivity contribution in [2.24, 2.45) is 10.5 Å². The summed E-state index contributed by atoms with van der Waals surface area (Å²) in [4.78, 5) is 36.4. The van der Waals surface area contributed by atoms with Crippen molar-refractivity contribution in [3.05, 3.63) is 41.8 Å². The van der Waals surface area contributed by atoms with E-state index in [0.29, 0.717) is 23.7 Å². The van der Waals surface area contributed by atoms with Gasteiger partial charge in [-0.3, -0.25) is 9.59 Å². The van der Waals surface area contributed by atoms with Crippen molar-refractivity contribution in [3.63, 3.8) is 0 Å². The Morgan fingerprint density at radius 1 is 1.24 bits per heavy atom. The number of rotatable bonds is 5. The highest BCUT2D eigenvalue weighted by Crippen LogP contribution is 2.38. The fourth-order valence-electron chi connectivity index (χ4n) is 3.85. The number of hydrogen-bond acceptors (Lipinski definition) is 7. The van der Waals surface area contributed by atoms with Gasteiger partial charge < -0.3 is 15.0 Å². The highest BCUT2D eigenvalue weighted by molar-refractivity contribution is 6.05. The largest absolute Gasteiger partial charge is 0.474 e. The zero-order valence-corrected chi connectivity index (χ0v) is 18.7. The Morgan fingerprint density at radius 3 is 2.70 bits per heavy atom. The fraction of sp³-hybridized carbons (Fsp3) is 0.435. The lowest BCUT2D eigenvalue weighted by molar-refractivity contribution is -0.115. The van der Waals surface area contributed by atoms with Crippen LogP contribution in [0.5, 0.6) is 5.88 Å². The van der Waals surface area contributed by atoms with E-state index in [2.05, 4.69) is 20.4 Å². The fourth-order valence-corrected chi connectivity index (χ4v) is 3.85. The van der Waals surface area contributed by atoms with Gasteiger partial charge >= 0.3 is 0 Å². The lowest BCUT2D eigenvalue weighted by Crippen LogP contribution is -2.53. The predicted octanol–water partition coefficient (Wildman–Crippen LogP) is 3.19. The van der Waals surface area contributed by atoms with Gasteiger partial charge in [-0.1, -0.05) is 20.8 Å². The molecule has 1 saturated carbocycles. The Bertz CT molecular complexity index is 1140. The lowest BCUT2D eigenvalue weighted by Gasteiger charge is -2.39. The van der Waals surface area contributed by atoms with Crippen LogP contribution in [0.2, 0.25) is 0 Å². The van der Waals surface area contributed by atoms with Crippen molar-refractivity contribution in [1.82, 2.24) is 15.0 Å². The normalized spacial score (nSPS) is 19.7. The summed E-state index contributed by atoms with van der Waals surface area (Å²) in [6.45, 7) is 6.03.